The van der Waals surface area contributed by atoms with Crippen LogP contribution in [0.4, 0.5) is 8.78 Å². The first-order valence-corrected chi connectivity index (χ1v) is 6.99. The van der Waals surface area contributed by atoms with E-state index < -0.39 is 5.92 Å². The standard InChI is InChI=1S/C13H22F2N2/c14-13(15)4-1-9(2-5-13)12-7-10-8-16-6-3-11(10)17-12/h9-12,16-17H,1-8H2. The van der Waals surface area contributed by atoms with Gasteiger partial charge in [0.05, 0.1) is 0 Å². The van der Waals surface area contributed by atoms with Gasteiger partial charge in [0.2, 0.25) is 5.92 Å². The SMILES string of the molecule is FC1(F)CCC(C2CC3CNCCC3N2)CC1. The van der Waals surface area contributed by atoms with Crippen LogP contribution in [0.2, 0.25) is 0 Å². The minimum Gasteiger partial charge on any atom is -0.316 e. The molecule has 2 saturated heterocycles. The maximum Gasteiger partial charge on any atom is 0.248 e. The lowest BCUT2D eigenvalue weighted by Gasteiger charge is -2.32. The average Bonchev–Trinajstić information content (AvgIpc) is 2.72. The molecule has 0 spiro atoms. The minimum absolute atomic E-state index is 0.101. The molecule has 0 radical (unpaired) electrons. The van der Waals surface area contributed by atoms with Crippen molar-refractivity contribution < 1.29 is 8.78 Å². The molecule has 2 nitrogen and oxygen atoms in total. The van der Waals surface area contributed by atoms with Crippen LogP contribution in [0.5, 0.6) is 0 Å². The van der Waals surface area contributed by atoms with Crippen molar-refractivity contribution in [3.8, 4) is 0 Å². The van der Waals surface area contributed by atoms with Gasteiger partial charge in [0.15, 0.2) is 0 Å². The molecular formula is C13H22F2N2. The van der Waals surface area contributed by atoms with Gasteiger partial charge in [-0.3, -0.25) is 0 Å². The van der Waals surface area contributed by atoms with E-state index in [0.29, 0.717) is 30.8 Å². The van der Waals surface area contributed by atoms with Crippen molar-refractivity contribution in [3.63, 3.8) is 0 Å². The maximum atomic E-state index is 13.1. The van der Waals surface area contributed by atoms with Gasteiger partial charge in [-0.2, -0.15) is 0 Å². The largest absolute Gasteiger partial charge is 0.316 e. The first-order valence-electron chi connectivity index (χ1n) is 6.99. The fourth-order valence-corrected chi connectivity index (χ4v) is 3.85. The summed E-state index contributed by atoms with van der Waals surface area (Å²) in [7, 11) is 0. The Bertz CT molecular complexity index is 259. The summed E-state index contributed by atoms with van der Waals surface area (Å²) in [5.41, 5.74) is 0. The molecule has 98 valence electrons. The molecule has 3 atom stereocenters. The molecule has 0 bridgehead atoms. The fourth-order valence-electron chi connectivity index (χ4n) is 3.85. The van der Waals surface area contributed by atoms with Gasteiger partial charge in [-0.1, -0.05) is 0 Å². The molecule has 0 aromatic rings. The molecular weight excluding hydrogens is 222 g/mol. The van der Waals surface area contributed by atoms with Crippen LogP contribution in [-0.4, -0.2) is 31.1 Å². The van der Waals surface area contributed by atoms with Crippen LogP contribution in [0.25, 0.3) is 0 Å². The van der Waals surface area contributed by atoms with Crippen LogP contribution >= 0.6 is 0 Å². The smallest absolute Gasteiger partial charge is 0.248 e. The number of hydrogen-bond acceptors (Lipinski definition) is 2. The van der Waals surface area contributed by atoms with E-state index in [1.54, 1.807) is 0 Å². The van der Waals surface area contributed by atoms with Crippen LogP contribution in [0, 0.1) is 11.8 Å². The highest BCUT2D eigenvalue weighted by Gasteiger charge is 2.42. The van der Waals surface area contributed by atoms with Crippen LogP contribution in [0.15, 0.2) is 0 Å². The number of fused-ring (bicyclic) bond motifs is 1. The Kier molecular flexibility index (Phi) is 3.11. The third-order valence-electron chi connectivity index (χ3n) is 4.92. The Morgan fingerprint density at radius 3 is 2.41 bits per heavy atom. The topological polar surface area (TPSA) is 24.1 Å². The minimum atomic E-state index is -2.39. The van der Waals surface area contributed by atoms with Crippen LogP contribution < -0.4 is 10.6 Å². The van der Waals surface area contributed by atoms with Crippen molar-refractivity contribution in [3.05, 3.63) is 0 Å². The number of rotatable bonds is 1. The van der Waals surface area contributed by atoms with E-state index >= 15 is 0 Å². The molecule has 3 aliphatic rings. The fraction of sp³-hybridized carbons (Fsp3) is 1.00. The lowest BCUT2D eigenvalue weighted by Crippen LogP contribution is -2.43. The van der Waals surface area contributed by atoms with Gasteiger partial charge in [0.25, 0.3) is 0 Å². The zero-order valence-electron chi connectivity index (χ0n) is 10.2. The number of nitrogens with one attached hydrogen (secondary N) is 2. The summed E-state index contributed by atoms with van der Waals surface area (Å²) in [4.78, 5) is 0. The summed E-state index contributed by atoms with van der Waals surface area (Å²) >= 11 is 0. The number of alkyl halides is 2. The Hall–Kier alpha value is -0.220. The summed E-state index contributed by atoms with van der Waals surface area (Å²) in [5.74, 6) is -1.17. The normalized spacial score (nSPS) is 42.4. The molecule has 2 heterocycles. The van der Waals surface area contributed by atoms with Gasteiger partial charge in [0.1, 0.15) is 0 Å². The Morgan fingerprint density at radius 2 is 1.71 bits per heavy atom. The summed E-state index contributed by atoms with van der Waals surface area (Å²) in [5, 5.41) is 7.14. The first-order chi connectivity index (χ1) is 8.14. The van der Waals surface area contributed by atoms with Crippen molar-refractivity contribution in [1.29, 1.82) is 0 Å². The lowest BCUT2D eigenvalue weighted by atomic mass is 9.80. The van der Waals surface area contributed by atoms with E-state index in [4.69, 9.17) is 0 Å². The second-order valence-corrected chi connectivity index (χ2v) is 6.06. The quantitative estimate of drug-likeness (QED) is 0.738. The molecule has 2 aliphatic heterocycles. The van der Waals surface area contributed by atoms with Crippen molar-refractivity contribution >= 4 is 0 Å². The molecule has 0 aromatic heterocycles. The van der Waals surface area contributed by atoms with E-state index in [1.165, 1.54) is 12.8 Å². The predicted octanol–water partition coefficient (Wildman–Crippen LogP) is 2.15. The molecule has 0 aromatic carbocycles. The van der Waals surface area contributed by atoms with E-state index in [2.05, 4.69) is 10.6 Å². The zero-order valence-corrected chi connectivity index (χ0v) is 10.2. The third-order valence-corrected chi connectivity index (χ3v) is 4.92. The van der Waals surface area contributed by atoms with Crippen molar-refractivity contribution in [2.45, 2.75) is 56.5 Å². The van der Waals surface area contributed by atoms with Gasteiger partial charge < -0.3 is 10.6 Å². The molecule has 17 heavy (non-hydrogen) atoms. The number of halogens is 2. The molecule has 3 fully saturated rings. The van der Waals surface area contributed by atoms with E-state index in [9.17, 15) is 8.78 Å². The molecule has 1 saturated carbocycles. The number of hydrogen-bond donors (Lipinski definition) is 2. The van der Waals surface area contributed by atoms with Crippen molar-refractivity contribution in [2.75, 3.05) is 13.1 Å². The second-order valence-electron chi connectivity index (χ2n) is 6.06. The van der Waals surface area contributed by atoms with Gasteiger partial charge in [-0.15, -0.1) is 0 Å². The highest BCUT2D eigenvalue weighted by molar-refractivity contribution is 4.98. The Labute approximate surface area is 102 Å². The average molecular weight is 244 g/mol. The highest BCUT2D eigenvalue weighted by Crippen LogP contribution is 2.40. The molecule has 2 N–H and O–H groups in total. The molecule has 0 amide bonds. The van der Waals surface area contributed by atoms with Gasteiger partial charge in [0, 0.05) is 24.9 Å². The molecule has 4 heteroatoms. The summed E-state index contributed by atoms with van der Waals surface area (Å²) < 4.78 is 26.3. The maximum absolute atomic E-state index is 13.1. The number of piperidine rings is 1. The van der Waals surface area contributed by atoms with Gasteiger partial charge >= 0.3 is 0 Å². The van der Waals surface area contributed by atoms with Gasteiger partial charge in [-0.25, -0.2) is 8.78 Å². The van der Waals surface area contributed by atoms with E-state index in [-0.39, 0.29) is 12.8 Å². The molecule has 3 rings (SSSR count). The van der Waals surface area contributed by atoms with E-state index in [0.717, 1.165) is 19.0 Å². The third kappa shape index (κ3) is 2.48. The Balaban J connectivity index is 1.56. The zero-order chi connectivity index (χ0) is 11.9. The summed E-state index contributed by atoms with van der Waals surface area (Å²) in [6, 6.07) is 1.14. The molecule has 3 unspecified atom stereocenters. The monoisotopic (exact) mass is 244 g/mol. The van der Waals surface area contributed by atoms with Crippen LogP contribution in [0.1, 0.15) is 38.5 Å². The Morgan fingerprint density at radius 1 is 0.941 bits per heavy atom. The summed E-state index contributed by atoms with van der Waals surface area (Å²) in [6.07, 6.45) is 4.00. The molecule has 1 aliphatic carbocycles. The van der Waals surface area contributed by atoms with Gasteiger partial charge in [-0.05, 0) is 50.6 Å². The predicted molar refractivity (Wildman–Crippen MR) is 63.2 cm³/mol. The van der Waals surface area contributed by atoms with Crippen molar-refractivity contribution in [2.24, 2.45) is 11.8 Å². The van der Waals surface area contributed by atoms with Crippen LogP contribution in [0.3, 0.4) is 0 Å². The summed E-state index contributed by atoms with van der Waals surface area (Å²) in [6.45, 7) is 2.21. The van der Waals surface area contributed by atoms with Crippen LogP contribution in [-0.2, 0) is 0 Å². The highest BCUT2D eigenvalue weighted by atomic mass is 19.3. The van der Waals surface area contributed by atoms with E-state index in [1.807, 2.05) is 0 Å². The first kappa shape index (κ1) is 11.8. The second kappa shape index (κ2) is 4.47. The van der Waals surface area contributed by atoms with Crippen molar-refractivity contribution in [1.82, 2.24) is 10.6 Å². The lowest BCUT2D eigenvalue weighted by molar-refractivity contribution is -0.0490.